The standard InChI is InChI=1S/C18H23ClN2O3/c1-12(22)24-11-13-4-3-8-21(13)9-7-15-16-10-14(23-2)5-6-17(16)20-18(15)19/h5-6,10,13,20H,3-4,7-9,11H2,1-2H3/t13-/m0/s1. The van der Waals surface area contributed by atoms with E-state index >= 15 is 0 Å². The lowest BCUT2D eigenvalue weighted by Crippen LogP contribution is -2.35. The number of benzene rings is 1. The van der Waals surface area contributed by atoms with Crippen LogP contribution < -0.4 is 4.74 Å². The Morgan fingerprint density at radius 2 is 2.29 bits per heavy atom. The number of nitrogens with zero attached hydrogens (tertiary/aromatic N) is 1. The van der Waals surface area contributed by atoms with Gasteiger partial charge in [0, 0.05) is 30.4 Å². The molecule has 1 aromatic heterocycles. The highest BCUT2D eigenvalue weighted by molar-refractivity contribution is 6.31. The van der Waals surface area contributed by atoms with Crippen LogP contribution in [0.3, 0.4) is 0 Å². The number of nitrogens with one attached hydrogen (secondary N) is 1. The van der Waals surface area contributed by atoms with E-state index in [4.69, 9.17) is 21.1 Å². The van der Waals surface area contributed by atoms with Crippen LogP contribution in [-0.4, -0.2) is 48.7 Å². The van der Waals surface area contributed by atoms with Crippen LogP contribution >= 0.6 is 11.6 Å². The van der Waals surface area contributed by atoms with Gasteiger partial charge in [-0.3, -0.25) is 9.69 Å². The molecule has 1 N–H and O–H groups in total. The number of hydrogen-bond acceptors (Lipinski definition) is 4. The second-order valence-electron chi connectivity index (χ2n) is 6.21. The molecule has 24 heavy (non-hydrogen) atoms. The fraction of sp³-hybridized carbons (Fsp3) is 0.500. The van der Waals surface area contributed by atoms with E-state index in [1.165, 1.54) is 6.92 Å². The predicted octanol–water partition coefficient (Wildman–Crippen LogP) is 3.40. The number of ether oxygens (including phenoxy) is 2. The molecule has 1 atom stereocenters. The molecular formula is C18H23ClN2O3. The van der Waals surface area contributed by atoms with Gasteiger partial charge in [-0.2, -0.15) is 0 Å². The molecule has 5 nitrogen and oxygen atoms in total. The summed E-state index contributed by atoms with van der Waals surface area (Å²) in [6.45, 7) is 3.87. The molecule has 0 saturated carbocycles. The third-order valence-corrected chi connectivity index (χ3v) is 5.01. The zero-order valence-electron chi connectivity index (χ0n) is 14.1. The van der Waals surface area contributed by atoms with Crippen molar-refractivity contribution in [2.24, 2.45) is 0 Å². The highest BCUT2D eigenvalue weighted by atomic mass is 35.5. The Morgan fingerprint density at radius 1 is 1.46 bits per heavy atom. The third kappa shape index (κ3) is 3.68. The summed E-state index contributed by atoms with van der Waals surface area (Å²) in [5.74, 6) is 0.613. The molecule has 2 heterocycles. The van der Waals surface area contributed by atoms with Gasteiger partial charge in [-0.25, -0.2) is 0 Å². The molecule has 0 unspecified atom stereocenters. The SMILES string of the molecule is COc1ccc2[nH]c(Cl)c(CCN3CCC[C@H]3COC(C)=O)c2c1. The van der Waals surface area contributed by atoms with E-state index in [0.717, 1.165) is 54.6 Å². The number of carbonyl (C=O) groups excluding carboxylic acids is 1. The fourth-order valence-corrected chi connectivity index (χ4v) is 3.71. The van der Waals surface area contributed by atoms with Crippen molar-refractivity contribution in [1.29, 1.82) is 0 Å². The van der Waals surface area contributed by atoms with E-state index in [9.17, 15) is 4.79 Å². The lowest BCUT2D eigenvalue weighted by molar-refractivity contribution is -0.142. The zero-order valence-corrected chi connectivity index (χ0v) is 14.9. The Hall–Kier alpha value is -1.72. The van der Waals surface area contributed by atoms with E-state index < -0.39 is 0 Å². The maximum Gasteiger partial charge on any atom is 0.302 e. The first-order valence-corrected chi connectivity index (χ1v) is 8.67. The largest absolute Gasteiger partial charge is 0.497 e. The van der Waals surface area contributed by atoms with Gasteiger partial charge in [0.1, 0.15) is 17.5 Å². The number of methoxy groups -OCH3 is 1. The van der Waals surface area contributed by atoms with Gasteiger partial charge in [0.2, 0.25) is 0 Å². The van der Waals surface area contributed by atoms with E-state index in [1.807, 2.05) is 18.2 Å². The van der Waals surface area contributed by atoms with Gasteiger partial charge in [-0.15, -0.1) is 0 Å². The fourth-order valence-electron chi connectivity index (χ4n) is 3.41. The van der Waals surface area contributed by atoms with E-state index in [-0.39, 0.29) is 5.97 Å². The summed E-state index contributed by atoms with van der Waals surface area (Å²) in [5.41, 5.74) is 2.14. The van der Waals surface area contributed by atoms with Gasteiger partial charge in [-0.1, -0.05) is 11.6 Å². The Kier molecular flexibility index (Phi) is 5.31. The number of rotatable bonds is 6. The number of halogens is 1. The molecule has 0 radical (unpaired) electrons. The topological polar surface area (TPSA) is 54.6 Å². The third-order valence-electron chi connectivity index (χ3n) is 4.69. The summed E-state index contributed by atoms with van der Waals surface area (Å²) in [7, 11) is 1.67. The minimum Gasteiger partial charge on any atom is -0.497 e. The molecular weight excluding hydrogens is 328 g/mol. The Balaban J connectivity index is 1.70. The van der Waals surface area contributed by atoms with Crippen molar-refractivity contribution in [3.8, 4) is 5.75 Å². The smallest absolute Gasteiger partial charge is 0.302 e. The zero-order chi connectivity index (χ0) is 17.1. The van der Waals surface area contributed by atoms with Crippen LogP contribution in [0.5, 0.6) is 5.75 Å². The van der Waals surface area contributed by atoms with Gasteiger partial charge in [0.25, 0.3) is 0 Å². The molecule has 1 aromatic carbocycles. The first kappa shape index (κ1) is 17.1. The minimum absolute atomic E-state index is 0.214. The summed E-state index contributed by atoms with van der Waals surface area (Å²) < 4.78 is 10.5. The highest BCUT2D eigenvalue weighted by Crippen LogP contribution is 2.30. The van der Waals surface area contributed by atoms with Gasteiger partial charge in [0.05, 0.1) is 7.11 Å². The molecule has 1 saturated heterocycles. The van der Waals surface area contributed by atoms with Crippen LogP contribution in [0, 0.1) is 0 Å². The number of aromatic amines is 1. The number of aromatic nitrogens is 1. The van der Waals surface area contributed by atoms with Crippen LogP contribution in [0.2, 0.25) is 5.15 Å². The van der Waals surface area contributed by atoms with E-state index in [1.54, 1.807) is 7.11 Å². The Bertz CT molecular complexity index is 728. The van der Waals surface area contributed by atoms with Crippen molar-refractivity contribution in [2.75, 3.05) is 26.8 Å². The summed E-state index contributed by atoms with van der Waals surface area (Å²) in [5, 5.41) is 1.80. The van der Waals surface area contributed by atoms with Crippen LogP contribution in [0.1, 0.15) is 25.3 Å². The van der Waals surface area contributed by atoms with Gasteiger partial charge < -0.3 is 14.5 Å². The van der Waals surface area contributed by atoms with Crippen molar-refractivity contribution < 1.29 is 14.3 Å². The molecule has 0 bridgehead atoms. The van der Waals surface area contributed by atoms with Gasteiger partial charge >= 0.3 is 5.97 Å². The molecule has 0 aliphatic carbocycles. The molecule has 0 spiro atoms. The summed E-state index contributed by atoms with van der Waals surface area (Å²) >= 11 is 6.40. The molecule has 1 aliphatic heterocycles. The molecule has 130 valence electrons. The number of fused-ring (bicyclic) bond motifs is 1. The average Bonchev–Trinajstić information content (AvgIpc) is 3.13. The van der Waals surface area contributed by atoms with E-state index in [2.05, 4.69) is 9.88 Å². The van der Waals surface area contributed by atoms with Gasteiger partial charge in [0.15, 0.2) is 0 Å². The Morgan fingerprint density at radius 3 is 3.04 bits per heavy atom. The first-order valence-electron chi connectivity index (χ1n) is 8.30. The second kappa shape index (κ2) is 7.45. The number of carbonyl (C=O) groups is 1. The number of likely N-dealkylation sites (tertiary alicyclic amines) is 1. The van der Waals surface area contributed by atoms with Crippen LogP contribution in [-0.2, 0) is 16.0 Å². The summed E-state index contributed by atoms with van der Waals surface area (Å²) in [4.78, 5) is 16.6. The average molecular weight is 351 g/mol. The molecule has 1 aliphatic rings. The summed E-state index contributed by atoms with van der Waals surface area (Å²) in [6.07, 6.45) is 3.06. The van der Waals surface area contributed by atoms with Crippen molar-refractivity contribution in [1.82, 2.24) is 9.88 Å². The molecule has 3 rings (SSSR count). The van der Waals surface area contributed by atoms with E-state index in [0.29, 0.717) is 17.8 Å². The minimum atomic E-state index is -0.214. The lowest BCUT2D eigenvalue weighted by atomic mass is 10.1. The molecule has 1 fully saturated rings. The molecule has 2 aromatic rings. The van der Waals surface area contributed by atoms with Crippen LogP contribution in [0.4, 0.5) is 0 Å². The maximum absolute atomic E-state index is 11.0. The molecule has 0 amide bonds. The molecule has 6 heteroatoms. The monoisotopic (exact) mass is 350 g/mol. The first-order chi connectivity index (χ1) is 11.6. The van der Waals surface area contributed by atoms with Gasteiger partial charge in [-0.05, 0) is 49.6 Å². The van der Waals surface area contributed by atoms with Crippen LogP contribution in [0.15, 0.2) is 18.2 Å². The second-order valence-corrected chi connectivity index (χ2v) is 6.59. The number of esters is 1. The predicted molar refractivity (Wildman–Crippen MR) is 94.8 cm³/mol. The maximum atomic E-state index is 11.0. The van der Waals surface area contributed by atoms with Crippen molar-refractivity contribution in [3.63, 3.8) is 0 Å². The normalized spacial score (nSPS) is 18.2. The quantitative estimate of drug-likeness (QED) is 0.811. The van der Waals surface area contributed by atoms with Crippen molar-refractivity contribution in [3.05, 3.63) is 28.9 Å². The highest BCUT2D eigenvalue weighted by Gasteiger charge is 2.25. The van der Waals surface area contributed by atoms with Crippen molar-refractivity contribution in [2.45, 2.75) is 32.2 Å². The summed E-state index contributed by atoms with van der Waals surface area (Å²) in [6, 6.07) is 6.25. The lowest BCUT2D eigenvalue weighted by Gasteiger charge is -2.23. The number of H-pyrrole nitrogens is 1. The number of hydrogen-bond donors (Lipinski definition) is 1. The Labute approximate surface area is 146 Å². The van der Waals surface area contributed by atoms with Crippen molar-refractivity contribution >= 4 is 28.5 Å². The van der Waals surface area contributed by atoms with Crippen LogP contribution in [0.25, 0.3) is 10.9 Å².